The molecule has 104 valence electrons. The van der Waals surface area contributed by atoms with Crippen LogP contribution < -0.4 is 5.73 Å². The van der Waals surface area contributed by atoms with Gasteiger partial charge in [0.05, 0.1) is 0 Å². The lowest BCUT2D eigenvalue weighted by molar-refractivity contribution is 0.0744. The number of nitrogens with zero attached hydrogens (tertiary/aromatic N) is 1. The Balaban J connectivity index is 4.71. The summed E-state index contributed by atoms with van der Waals surface area (Å²) in [6.45, 7) is 15.8. The molecule has 0 spiro atoms. The largest absolute Gasteiger partial charge is 0.326 e. The lowest BCUT2D eigenvalue weighted by Crippen LogP contribution is -2.58. The Labute approximate surface area is 109 Å². The molecule has 0 aliphatic heterocycles. The van der Waals surface area contributed by atoms with Gasteiger partial charge >= 0.3 is 0 Å². The minimum Gasteiger partial charge on any atom is -0.326 e. The van der Waals surface area contributed by atoms with Gasteiger partial charge in [-0.1, -0.05) is 47.5 Å². The van der Waals surface area contributed by atoms with Gasteiger partial charge in [0.1, 0.15) is 0 Å². The van der Waals surface area contributed by atoms with Crippen LogP contribution in [-0.2, 0) is 0 Å². The van der Waals surface area contributed by atoms with E-state index in [-0.39, 0.29) is 11.6 Å². The first-order valence-corrected chi connectivity index (χ1v) is 7.50. The molecule has 0 amide bonds. The number of hydrogen-bond donors (Lipinski definition) is 1. The highest BCUT2D eigenvalue weighted by molar-refractivity contribution is 4.94. The SMILES string of the molecule is CCC(CC)CC(N)C(C)(CC)N(CC)CC. The summed E-state index contributed by atoms with van der Waals surface area (Å²) < 4.78 is 0. The molecule has 0 aromatic heterocycles. The minimum absolute atomic E-state index is 0.159. The van der Waals surface area contributed by atoms with Gasteiger partial charge in [-0.3, -0.25) is 4.90 Å². The monoisotopic (exact) mass is 242 g/mol. The van der Waals surface area contributed by atoms with Crippen molar-refractivity contribution in [3.8, 4) is 0 Å². The van der Waals surface area contributed by atoms with Crippen molar-refractivity contribution in [3.63, 3.8) is 0 Å². The molecule has 0 aliphatic carbocycles. The van der Waals surface area contributed by atoms with Crippen LogP contribution in [0.3, 0.4) is 0 Å². The molecule has 2 unspecified atom stereocenters. The van der Waals surface area contributed by atoms with E-state index in [0.29, 0.717) is 0 Å². The fourth-order valence-corrected chi connectivity index (χ4v) is 2.90. The van der Waals surface area contributed by atoms with E-state index >= 15 is 0 Å². The fraction of sp³-hybridized carbons (Fsp3) is 1.00. The van der Waals surface area contributed by atoms with Crippen LogP contribution >= 0.6 is 0 Å². The first-order valence-electron chi connectivity index (χ1n) is 7.50. The van der Waals surface area contributed by atoms with Crippen LogP contribution in [0.2, 0.25) is 0 Å². The van der Waals surface area contributed by atoms with E-state index in [2.05, 4.69) is 46.4 Å². The third kappa shape index (κ3) is 4.26. The Bertz CT molecular complexity index is 185. The van der Waals surface area contributed by atoms with Crippen LogP contribution in [0, 0.1) is 5.92 Å². The van der Waals surface area contributed by atoms with Crippen molar-refractivity contribution in [2.45, 2.75) is 78.8 Å². The van der Waals surface area contributed by atoms with Gasteiger partial charge in [0.2, 0.25) is 0 Å². The van der Waals surface area contributed by atoms with E-state index in [1.54, 1.807) is 0 Å². The van der Waals surface area contributed by atoms with E-state index in [4.69, 9.17) is 5.73 Å². The summed E-state index contributed by atoms with van der Waals surface area (Å²) >= 11 is 0. The average Bonchev–Trinajstić information content (AvgIpc) is 2.36. The second kappa shape index (κ2) is 8.10. The van der Waals surface area contributed by atoms with Crippen LogP contribution in [0.1, 0.15) is 67.2 Å². The number of hydrogen-bond acceptors (Lipinski definition) is 2. The Morgan fingerprint density at radius 1 is 1.00 bits per heavy atom. The maximum atomic E-state index is 6.53. The number of rotatable bonds is 9. The van der Waals surface area contributed by atoms with Crippen molar-refractivity contribution in [1.29, 1.82) is 0 Å². The van der Waals surface area contributed by atoms with Gasteiger partial charge in [0, 0.05) is 11.6 Å². The smallest absolute Gasteiger partial charge is 0.0329 e. The summed E-state index contributed by atoms with van der Waals surface area (Å²) in [7, 11) is 0. The molecule has 0 aromatic carbocycles. The molecule has 2 heteroatoms. The van der Waals surface area contributed by atoms with Crippen LogP contribution in [0.5, 0.6) is 0 Å². The van der Waals surface area contributed by atoms with Crippen LogP contribution in [-0.4, -0.2) is 29.6 Å². The molecule has 0 saturated carbocycles. The predicted octanol–water partition coefficient (Wildman–Crippen LogP) is 3.65. The Morgan fingerprint density at radius 2 is 1.47 bits per heavy atom. The van der Waals surface area contributed by atoms with Crippen LogP contribution in [0.4, 0.5) is 0 Å². The van der Waals surface area contributed by atoms with E-state index in [0.717, 1.165) is 31.8 Å². The van der Waals surface area contributed by atoms with Crippen molar-refractivity contribution in [3.05, 3.63) is 0 Å². The molecule has 0 fully saturated rings. The molecule has 0 aromatic rings. The lowest BCUT2D eigenvalue weighted by atomic mass is 9.81. The Morgan fingerprint density at radius 3 is 1.76 bits per heavy atom. The highest BCUT2D eigenvalue weighted by Crippen LogP contribution is 2.28. The molecule has 17 heavy (non-hydrogen) atoms. The summed E-state index contributed by atoms with van der Waals surface area (Å²) in [5.74, 6) is 0.784. The highest BCUT2D eigenvalue weighted by Gasteiger charge is 2.35. The van der Waals surface area contributed by atoms with Crippen molar-refractivity contribution in [2.75, 3.05) is 13.1 Å². The van der Waals surface area contributed by atoms with Gasteiger partial charge in [-0.15, -0.1) is 0 Å². The summed E-state index contributed by atoms with van der Waals surface area (Å²) in [4.78, 5) is 2.53. The standard InChI is InChI=1S/C15H34N2/c1-7-13(8-2)12-14(16)15(6,9-3)17(10-4)11-5/h13-14H,7-12,16H2,1-6H3. The molecule has 0 rings (SSSR count). The molecule has 2 atom stereocenters. The maximum absolute atomic E-state index is 6.53. The molecular formula is C15H34N2. The summed E-state index contributed by atoms with van der Waals surface area (Å²) in [5.41, 5.74) is 6.68. The van der Waals surface area contributed by atoms with Gasteiger partial charge < -0.3 is 5.73 Å². The summed E-state index contributed by atoms with van der Waals surface area (Å²) in [6.07, 6.45) is 4.80. The number of likely N-dealkylation sites (N-methyl/N-ethyl adjacent to an activating group) is 1. The number of nitrogens with two attached hydrogens (primary N) is 1. The van der Waals surface area contributed by atoms with E-state index < -0.39 is 0 Å². The quantitative estimate of drug-likeness (QED) is 0.669. The second-order valence-electron chi connectivity index (χ2n) is 5.41. The molecule has 2 N–H and O–H groups in total. The predicted molar refractivity (Wildman–Crippen MR) is 78.3 cm³/mol. The van der Waals surface area contributed by atoms with E-state index in [1.165, 1.54) is 12.8 Å². The van der Waals surface area contributed by atoms with Gasteiger partial charge in [-0.2, -0.15) is 0 Å². The summed E-state index contributed by atoms with van der Waals surface area (Å²) in [5, 5.41) is 0. The normalized spacial score (nSPS) is 17.5. The first-order chi connectivity index (χ1) is 7.99. The van der Waals surface area contributed by atoms with Crippen LogP contribution in [0.15, 0.2) is 0 Å². The van der Waals surface area contributed by atoms with Gasteiger partial charge in [0.15, 0.2) is 0 Å². The van der Waals surface area contributed by atoms with Crippen molar-refractivity contribution in [1.82, 2.24) is 4.90 Å². The lowest BCUT2D eigenvalue weighted by Gasteiger charge is -2.45. The molecule has 0 heterocycles. The topological polar surface area (TPSA) is 29.3 Å². The van der Waals surface area contributed by atoms with Crippen molar-refractivity contribution < 1.29 is 0 Å². The van der Waals surface area contributed by atoms with Gasteiger partial charge in [-0.05, 0) is 38.8 Å². The van der Waals surface area contributed by atoms with Crippen LogP contribution in [0.25, 0.3) is 0 Å². The van der Waals surface area contributed by atoms with Crippen molar-refractivity contribution in [2.24, 2.45) is 11.7 Å². The van der Waals surface area contributed by atoms with Gasteiger partial charge in [-0.25, -0.2) is 0 Å². The fourth-order valence-electron chi connectivity index (χ4n) is 2.90. The highest BCUT2D eigenvalue weighted by atomic mass is 15.2. The second-order valence-corrected chi connectivity index (χ2v) is 5.41. The zero-order chi connectivity index (χ0) is 13.5. The maximum Gasteiger partial charge on any atom is 0.0329 e. The van der Waals surface area contributed by atoms with Crippen molar-refractivity contribution >= 4 is 0 Å². The Hall–Kier alpha value is -0.0800. The zero-order valence-electron chi connectivity index (χ0n) is 12.9. The third-order valence-electron chi connectivity index (χ3n) is 4.74. The zero-order valence-corrected chi connectivity index (χ0v) is 12.9. The minimum atomic E-state index is 0.159. The van der Waals surface area contributed by atoms with E-state index in [9.17, 15) is 0 Å². The molecule has 0 radical (unpaired) electrons. The third-order valence-corrected chi connectivity index (χ3v) is 4.74. The Kier molecular flexibility index (Phi) is 8.06. The first kappa shape index (κ1) is 16.9. The summed E-state index contributed by atoms with van der Waals surface area (Å²) in [6, 6.07) is 0.289. The molecule has 0 bridgehead atoms. The van der Waals surface area contributed by atoms with Gasteiger partial charge in [0.25, 0.3) is 0 Å². The molecular weight excluding hydrogens is 208 g/mol. The molecule has 2 nitrogen and oxygen atoms in total. The molecule has 0 aliphatic rings. The average molecular weight is 242 g/mol. The van der Waals surface area contributed by atoms with E-state index in [1.807, 2.05) is 0 Å². The molecule has 0 saturated heterocycles.